The smallest absolute Gasteiger partial charge is 0.137 e. The van der Waals surface area contributed by atoms with Crippen LogP contribution in [-0.4, -0.2) is 5.75 Å². The number of thioether (sulfide) groups is 1. The highest BCUT2D eigenvalue weighted by Crippen LogP contribution is 2.41. The number of hydrogen-bond donors (Lipinski definition) is 0. The molecule has 1 aromatic rings. The van der Waals surface area contributed by atoms with Crippen LogP contribution in [0.3, 0.4) is 0 Å². The summed E-state index contributed by atoms with van der Waals surface area (Å²) in [7, 11) is 0. The van der Waals surface area contributed by atoms with Crippen molar-refractivity contribution in [3.05, 3.63) is 29.6 Å². The quantitative estimate of drug-likeness (QED) is 0.629. The second-order valence-corrected chi connectivity index (χ2v) is 4.97. The zero-order valence-corrected chi connectivity index (χ0v) is 8.79. The normalized spacial score (nSPS) is 22.0. The summed E-state index contributed by atoms with van der Waals surface area (Å²) in [6.07, 6.45) is 1.08. The van der Waals surface area contributed by atoms with Crippen molar-refractivity contribution in [1.82, 2.24) is 0 Å². The maximum atomic E-state index is 13.2. The lowest BCUT2D eigenvalue weighted by Crippen LogP contribution is -2.02. The van der Waals surface area contributed by atoms with Crippen LogP contribution in [0, 0.1) is 5.82 Å². The molecule has 0 aliphatic carbocycles. The SMILES string of the molecule is Fc1cccc2c1SCCC2Br. The van der Waals surface area contributed by atoms with E-state index in [1.54, 1.807) is 17.8 Å². The Balaban J connectivity index is 2.52. The van der Waals surface area contributed by atoms with Crippen molar-refractivity contribution in [3.8, 4) is 0 Å². The van der Waals surface area contributed by atoms with Crippen molar-refractivity contribution in [3.63, 3.8) is 0 Å². The van der Waals surface area contributed by atoms with E-state index in [9.17, 15) is 4.39 Å². The highest BCUT2D eigenvalue weighted by molar-refractivity contribution is 9.09. The molecule has 64 valence electrons. The van der Waals surface area contributed by atoms with Gasteiger partial charge in [-0.3, -0.25) is 0 Å². The molecule has 1 heterocycles. The maximum absolute atomic E-state index is 13.2. The van der Waals surface area contributed by atoms with Crippen LogP contribution in [0.2, 0.25) is 0 Å². The average Bonchev–Trinajstić information content (AvgIpc) is 2.07. The summed E-state index contributed by atoms with van der Waals surface area (Å²) in [5, 5.41) is 0. The Bertz CT molecular complexity index is 301. The van der Waals surface area contributed by atoms with Gasteiger partial charge in [-0.05, 0) is 23.8 Å². The fourth-order valence-electron chi connectivity index (χ4n) is 1.34. The van der Waals surface area contributed by atoms with Crippen molar-refractivity contribution < 1.29 is 4.39 Å². The summed E-state index contributed by atoms with van der Waals surface area (Å²) in [4.78, 5) is 1.16. The third-order valence-corrected chi connectivity index (χ3v) is 4.06. The van der Waals surface area contributed by atoms with Crippen LogP contribution >= 0.6 is 27.7 Å². The minimum Gasteiger partial charge on any atom is -0.206 e. The van der Waals surface area contributed by atoms with Gasteiger partial charge in [-0.15, -0.1) is 11.8 Å². The summed E-state index contributed by atoms with van der Waals surface area (Å²) in [5.41, 5.74) is 1.10. The molecular formula is C9H8BrFS. The molecule has 1 atom stereocenters. The number of benzene rings is 1. The first-order valence-corrected chi connectivity index (χ1v) is 5.74. The van der Waals surface area contributed by atoms with E-state index in [2.05, 4.69) is 15.9 Å². The van der Waals surface area contributed by atoms with Crippen molar-refractivity contribution in [2.24, 2.45) is 0 Å². The minimum atomic E-state index is -0.0818. The topological polar surface area (TPSA) is 0 Å². The van der Waals surface area contributed by atoms with Crippen molar-refractivity contribution in [2.45, 2.75) is 16.1 Å². The molecule has 0 N–H and O–H groups in total. The highest BCUT2D eigenvalue weighted by Gasteiger charge is 2.20. The van der Waals surface area contributed by atoms with Gasteiger partial charge in [0.2, 0.25) is 0 Å². The Labute approximate surface area is 83.7 Å². The van der Waals surface area contributed by atoms with Gasteiger partial charge in [0.25, 0.3) is 0 Å². The van der Waals surface area contributed by atoms with Gasteiger partial charge in [-0.25, -0.2) is 4.39 Å². The van der Waals surface area contributed by atoms with Crippen LogP contribution < -0.4 is 0 Å². The summed E-state index contributed by atoms with van der Waals surface area (Å²) >= 11 is 5.16. The Morgan fingerprint density at radius 3 is 3.08 bits per heavy atom. The van der Waals surface area contributed by atoms with Crippen LogP contribution in [0.5, 0.6) is 0 Å². The van der Waals surface area contributed by atoms with Gasteiger partial charge in [0.1, 0.15) is 5.82 Å². The van der Waals surface area contributed by atoms with Crippen molar-refractivity contribution in [2.75, 3.05) is 5.75 Å². The predicted octanol–water partition coefficient (Wildman–Crippen LogP) is 3.76. The van der Waals surface area contributed by atoms with E-state index in [1.165, 1.54) is 6.07 Å². The zero-order valence-electron chi connectivity index (χ0n) is 6.39. The van der Waals surface area contributed by atoms with Crippen LogP contribution in [0.25, 0.3) is 0 Å². The largest absolute Gasteiger partial charge is 0.206 e. The van der Waals surface area contributed by atoms with Gasteiger partial charge < -0.3 is 0 Å². The summed E-state index contributed by atoms with van der Waals surface area (Å²) < 4.78 is 13.2. The molecule has 0 nitrogen and oxygen atoms in total. The van der Waals surface area contributed by atoms with E-state index in [4.69, 9.17) is 0 Å². The number of hydrogen-bond acceptors (Lipinski definition) is 1. The number of halogens is 2. The Kier molecular flexibility index (Phi) is 2.42. The molecule has 1 aliphatic heterocycles. The standard InChI is InChI=1S/C9H8BrFS/c10-7-4-5-12-9-6(7)2-1-3-8(9)11/h1-3,7H,4-5H2. The van der Waals surface area contributed by atoms with Crippen molar-refractivity contribution in [1.29, 1.82) is 0 Å². The van der Waals surface area contributed by atoms with Gasteiger partial charge in [0, 0.05) is 9.72 Å². The minimum absolute atomic E-state index is 0.0818. The lowest BCUT2D eigenvalue weighted by molar-refractivity contribution is 0.593. The molecule has 0 radical (unpaired) electrons. The van der Waals surface area contributed by atoms with E-state index in [0.29, 0.717) is 4.83 Å². The van der Waals surface area contributed by atoms with Gasteiger partial charge in [-0.2, -0.15) is 0 Å². The number of fused-ring (bicyclic) bond motifs is 1. The van der Waals surface area contributed by atoms with E-state index < -0.39 is 0 Å². The molecule has 1 unspecified atom stereocenters. The van der Waals surface area contributed by atoms with Crippen molar-refractivity contribution >= 4 is 27.7 Å². The average molecular weight is 247 g/mol. The lowest BCUT2D eigenvalue weighted by Gasteiger charge is -2.20. The van der Waals surface area contributed by atoms with Crippen LogP contribution in [0.1, 0.15) is 16.8 Å². The molecule has 0 bridgehead atoms. The molecule has 0 amide bonds. The molecule has 0 fully saturated rings. The molecule has 1 aliphatic rings. The van der Waals surface area contributed by atoms with E-state index in [1.807, 2.05) is 6.07 Å². The molecule has 12 heavy (non-hydrogen) atoms. The van der Waals surface area contributed by atoms with E-state index in [0.717, 1.165) is 22.6 Å². The fourth-order valence-corrected chi connectivity index (χ4v) is 3.55. The first-order valence-electron chi connectivity index (χ1n) is 3.84. The first kappa shape index (κ1) is 8.57. The Morgan fingerprint density at radius 2 is 2.33 bits per heavy atom. The maximum Gasteiger partial charge on any atom is 0.137 e. The Morgan fingerprint density at radius 1 is 1.50 bits per heavy atom. The second kappa shape index (κ2) is 3.38. The Hall–Kier alpha value is -0.0200. The molecule has 0 spiro atoms. The van der Waals surface area contributed by atoms with Gasteiger partial charge in [-0.1, -0.05) is 28.1 Å². The third kappa shape index (κ3) is 1.40. The number of alkyl halides is 1. The van der Waals surface area contributed by atoms with Crippen LogP contribution in [0.4, 0.5) is 4.39 Å². The highest BCUT2D eigenvalue weighted by atomic mass is 79.9. The van der Waals surface area contributed by atoms with Gasteiger partial charge in [0.15, 0.2) is 0 Å². The monoisotopic (exact) mass is 246 g/mol. The molecule has 0 saturated heterocycles. The first-order chi connectivity index (χ1) is 5.79. The van der Waals surface area contributed by atoms with Gasteiger partial charge >= 0.3 is 0 Å². The summed E-state index contributed by atoms with van der Waals surface area (Å²) in [6.45, 7) is 0. The van der Waals surface area contributed by atoms with E-state index in [-0.39, 0.29) is 5.82 Å². The molecule has 1 aromatic carbocycles. The zero-order chi connectivity index (χ0) is 8.55. The predicted molar refractivity (Wildman–Crippen MR) is 53.4 cm³/mol. The third-order valence-electron chi connectivity index (χ3n) is 1.95. The van der Waals surface area contributed by atoms with Crippen LogP contribution in [0.15, 0.2) is 23.1 Å². The lowest BCUT2D eigenvalue weighted by atomic mass is 10.1. The fraction of sp³-hybridized carbons (Fsp3) is 0.333. The molecule has 2 rings (SSSR count). The molecular weight excluding hydrogens is 239 g/mol. The molecule has 0 aromatic heterocycles. The number of rotatable bonds is 0. The van der Waals surface area contributed by atoms with E-state index >= 15 is 0 Å². The molecule has 0 saturated carbocycles. The van der Waals surface area contributed by atoms with Crippen LogP contribution in [-0.2, 0) is 0 Å². The summed E-state index contributed by atoms with van der Waals surface area (Å²) in [5.74, 6) is 0.922. The second-order valence-electron chi connectivity index (χ2n) is 2.76. The molecule has 3 heteroatoms. The summed E-state index contributed by atoms with van der Waals surface area (Å²) in [6, 6.07) is 5.29. The van der Waals surface area contributed by atoms with Gasteiger partial charge in [0.05, 0.1) is 0 Å².